The van der Waals surface area contributed by atoms with Gasteiger partial charge < -0.3 is 5.73 Å². The number of hydrogen-bond acceptors (Lipinski definition) is 1. The summed E-state index contributed by atoms with van der Waals surface area (Å²) in [4.78, 5) is 0. The maximum absolute atomic E-state index is 12.7. The van der Waals surface area contributed by atoms with Crippen molar-refractivity contribution >= 4 is 12.4 Å². The second kappa shape index (κ2) is 3.60. The second-order valence-corrected chi connectivity index (χ2v) is 3.20. The Morgan fingerprint density at radius 2 is 1.46 bits per heavy atom. The molecule has 1 aromatic carbocycles. The molecule has 1 aromatic rings. The van der Waals surface area contributed by atoms with Gasteiger partial charge in [-0.15, -0.1) is 12.4 Å². The van der Waals surface area contributed by atoms with E-state index in [2.05, 4.69) is 0 Å². The minimum atomic E-state index is -0.775. The summed E-state index contributed by atoms with van der Waals surface area (Å²) >= 11 is 0. The average Bonchev–Trinajstić information content (AvgIpc) is 2.30. The van der Waals surface area contributed by atoms with Crippen molar-refractivity contribution in [3.63, 3.8) is 0 Å². The lowest BCUT2D eigenvalue weighted by Crippen LogP contribution is -2.18. The highest BCUT2D eigenvalue weighted by Gasteiger charge is 2.20. The molecule has 2 N–H and O–H groups in total. The Morgan fingerprint density at radius 3 is 1.85 bits per heavy atom. The van der Waals surface area contributed by atoms with Crippen LogP contribution < -0.4 is 5.73 Å². The van der Waals surface area contributed by atoms with Crippen LogP contribution in [0.25, 0.3) is 0 Å². The fourth-order valence-electron chi connectivity index (χ4n) is 1.65. The van der Waals surface area contributed by atoms with Gasteiger partial charge in [0.1, 0.15) is 0 Å². The summed E-state index contributed by atoms with van der Waals surface area (Å²) in [7, 11) is 0. The molecule has 72 valence electrons. The Hall–Kier alpha value is -0.670. The van der Waals surface area contributed by atoms with E-state index in [1.165, 1.54) is 12.1 Å². The van der Waals surface area contributed by atoms with Crippen LogP contribution in [0.15, 0.2) is 12.1 Å². The third-order valence-electron chi connectivity index (χ3n) is 2.21. The largest absolute Gasteiger partial charge is 0.327 e. The van der Waals surface area contributed by atoms with E-state index in [9.17, 15) is 8.78 Å². The number of fused-ring (bicyclic) bond motifs is 1. The third-order valence-corrected chi connectivity index (χ3v) is 2.21. The maximum Gasteiger partial charge on any atom is 0.159 e. The molecule has 0 atom stereocenters. The zero-order chi connectivity index (χ0) is 8.72. The zero-order valence-corrected chi connectivity index (χ0v) is 7.70. The van der Waals surface area contributed by atoms with Gasteiger partial charge in [-0.1, -0.05) is 0 Å². The fourth-order valence-corrected chi connectivity index (χ4v) is 1.65. The molecule has 0 saturated heterocycles. The van der Waals surface area contributed by atoms with Crippen LogP contribution in [0.5, 0.6) is 0 Å². The second-order valence-electron chi connectivity index (χ2n) is 3.20. The summed E-state index contributed by atoms with van der Waals surface area (Å²) in [6, 6.07) is 2.52. The van der Waals surface area contributed by atoms with Gasteiger partial charge >= 0.3 is 0 Å². The summed E-state index contributed by atoms with van der Waals surface area (Å²) in [5.41, 5.74) is 7.34. The molecule has 0 amide bonds. The van der Waals surface area contributed by atoms with Gasteiger partial charge in [0, 0.05) is 6.04 Å². The Morgan fingerprint density at radius 1 is 1.08 bits per heavy atom. The third kappa shape index (κ3) is 1.81. The lowest BCUT2D eigenvalue weighted by atomic mass is 10.1. The first-order valence-electron chi connectivity index (χ1n) is 3.89. The van der Waals surface area contributed by atoms with Gasteiger partial charge in [0.05, 0.1) is 0 Å². The van der Waals surface area contributed by atoms with Crippen molar-refractivity contribution in [2.24, 2.45) is 5.73 Å². The summed E-state index contributed by atoms with van der Waals surface area (Å²) in [6.45, 7) is 0. The molecule has 1 aliphatic carbocycles. The smallest absolute Gasteiger partial charge is 0.159 e. The minimum absolute atomic E-state index is 0. The first-order valence-corrected chi connectivity index (χ1v) is 3.89. The highest BCUT2D eigenvalue weighted by Crippen LogP contribution is 2.23. The molecule has 0 unspecified atom stereocenters. The van der Waals surface area contributed by atoms with Crippen molar-refractivity contribution in [1.29, 1.82) is 0 Å². The Kier molecular flexibility index (Phi) is 2.88. The normalized spacial score (nSPS) is 15.3. The van der Waals surface area contributed by atoms with Gasteiger partial charge in [0.15, 0.2) is 11.6 Å². The van der Waals surface area contributed by atoms with Gasteiger partial charge in [-0.3, -0.25) is 0 Å². The van der Waals surface area contributed by atoms with Crippen molar-refractivity contribution in [2.75, 3.05) is 0 Å². The first-order chi connectivity index (χ1) is 5.66. The maximum atomic E-state index is 12.7. The summed E-state index contributed by atoms with van der Waals surface area (Å²) in [6.07, 6.45) is 1.32. The Bertz CT molecular complexity index is 297. The van der Waals surface area contributed by atoms with Crippen LogP contribution in [-0.4, -0.2) is 6.04 Å². The molecule has 0 heterocycles. The molecule has 0 aromatic heterocycles. The van der Waals surface area contributed by atoms with E-state index < -0.39 is 11.6 Å². The molecular weight excluding hydrogens is 196 g/mol. The topological polar surface area (TPSA) is 26.0 Å². The van der Waals surface area contributed by atoms with E-state index in [1.54, 1.807) is 0 Å². The van der Waals surface area contributed by atoms with E-state index in [0.717, 1.165) is 11.1 Å². The van der Waals surface area contributed by atoms with Crippen LogP contribution >= 0.6 is 12.4 Å². The molecular formula is C9H10ClF2N. The standard InChI is InChI=1S/C9H9F2N.ClH/c10-8-3-5-1-7(12)2-6(5)4-9(8)11;/h3-4,7H,1-2,12H2;1H. The van der Waals surface area contributed by atoms with Gasteiger partial charge in [-0.05, 0) is 36.1 Å². The molecule has 0 radical (unpaired) electrons. The van der Waals surface area contributed by atoms with Crippen LogP contribution in [0.2, 0.25) is 0 Å². The number of halogens is 3. The molecule has 1 nitrogen and oxygen atoms in total. The van der Waals surface area contributed by atoms with Crippen molar-refractivity contribution in [1.82, 2.24) is 0 Å². The average molecular weight is 206 g/mol. The number of benzene rings is 1. The van der Waals surface area contributed by atoms with E-state index >= 15 is 0 Å². The summed E-state index contributed by atoms with van der Waals surface area (Å²) in [5.74, 6) is -1.55. The van der Waals surface area contributed by atoms with Crippen LogP contribution in [0.4, 0.5) is 8.78 Å². The van der Waals surface area contributed by atoms with Gasteiger partial charge in [-0.2, -0.15) is 0 Å². The number of hydrogen-bond donors (Lipinski definition) is 1. The van der Waals surface area contributed by atoms with Crippen molar-refractivity contribution in [2.45, 2.75) is 18.9 Å². The van der Waals surface area contributed by atoms with Gasteiger partial charge in [0.25, 0.3) is 0 Å². The quantitative estimate of drug-likeness (QED) is 0.687. The lowest BCUT2D eigenvalue weighted by molar-refractivity contribution is 0.507. The van der Waals surface area contributed by atoms with Crippen molar-refractivity contribution in [3.8, 4) is 0 Å². The fraction of sp³-hybridized carbons (Fsp3) is 0.333. The molecule has 0 fully saturated rings. The predicted octanol–water partition coefficient (Wildman–Crippen LogP) is 1.81. The molecule has 2 rings (SSSR count). The van der Waals surface area contributed by atoms with E-state index in [-0.39, 0.29) is 18.4 Å². The molecule has 0 spiro atoms. The van der Waals surface area contributed by atoms with E-state index in [4.69, 9.17) is 5.73 Å². The minimum Gasteiger partial charge on any atom is -0.327 e. The Labute approximate surface area is 81.3 Å². The van der Waals surface area contributed by atoms with Crippen LogP contribution in [0.1, 0.15) is 11.1 Å². The zero-order valence-electron chi connectivity index (χ0n) is 6.89. The van der Waals surface area contributed by atoms with Crippen LogP contribution in [-0.2, 0) is 12.8 Å². The van der Waals surface area contributed by atoms with E-state index in [1.807, 2.05) is 0 Å². The molecule has 0 saturated carbocycles. The SMILES string of the molecule is Cl.NC1Cc2cc(F)c(F)cc2C1. The molecule has 0 bridgehead atoms. The van der Waals surface area contributed by atoms with Gasteiger partial charge in [0.2, 0.25) is 0 Å². The van der Waals surface area contributed by atoms with Crippen LogP contribution in [0.3, 0.4) is 0 Å². The molecule has 0 aliphatic heterocycles. The van der Waals surface area contributed by atoms with Crippen molar-refractivity contribution < 1.29 is 8.78 Å². The number of nitrogens with two attached hydrogens (primary N) is 1. The van der Waals surface area contributed by atoms with Crippen LogP contribution in [0, 0.1) is 11.6 Å². The molecule has 1 aliphatic rings. The molecule has 13 heavy (non-hydrogen) atoms. The predicted molar refractivity (Wildman–Crippen MR) is 49.0 cm³/mol. The first kappa shape index (κ1) is 10.4. The lowest BCUT2D eigenvalue weighted by Gasteiger charge is -1.98. The highest BCUT2D eigenvalue weighted by molar-refractivity contribution is 5.85. The van der Waals surface area contributed by atoms with E-state index in [0.29, 0.717) is 12.8 Å². The highest BCUT2D eigenvalue weighted by atomic mass is 35.5. The summed E-state index contributed by atoms with van der Waals surface area (Å²) < 4.78 is 25.4. The monoisotopic (exact) mass is 205 g/mol. The number of rotatable bonds is 0. The molecule has 4 heteroatoms. The Balaban J connectivity index is 0.000000845. The summed E-state index contributed by atoms with van der Waals surface area (Å²) in [5, 5.41) is 0. The van der Waals surface area contributed by atoms with Gasteiger partial charge in [-0.25, -0.2) is 8.78 Å². The van der Waals surface area contributed by atoms with Crippen molar-refractivity contribution in [3.05, 3.63) is 34.9 Å².